The third-order valence-corrected chi connectivity index (χ3v) is 3.10. The molecule has 3 aromatic rings. The van der Waals surface area contributed by atoms with Gasteiger partial charge in [-0.1, -0.05) is 12.1 Å². The van der Waals surface area contributed by atoms with Crippen molar-refractivity contribution in [3.05, 3.63) is 64.4 Å². The lowest BCUT2D eigenvalue weighted by atomic mass is 10.2. The van der Waals surface area contributed by atoms with Crippen molar-refractivity contribution in [3.8, 4) is 5.75 Å². The van der Waals surface area contributed by atoms with Crippen LogP contribution >= 0.6 is 0 Å². The lowest BCUT2D eigenvalue weighted by molar-refractivity contribution is 0.415. The summed E-state index contributed by atoms with van der Waals surface area (Å²) in [5.74, 6) is 0.932. The molecule has 1 aromatic heterocycles. The molecule has 0 aliphatic carbocycles. The number of rotatable bonds is 4. The van der Waals surface area contributed by atoms with Gasteiger partial charge in [0.15, 0.2) is 0 Å². The molecule has 0 spiro atoms. The average Bonchev–Trinajstić information content (AvgIpc) is 2.56. The molecule has 0 saturated heterocycles. The summed E-state index contributed by atoms with van der Waals surface area (Å²) in [6.07, 6.45) is 1.61. The quantitative estimate of drug-likeness (QED) is 0.572. The van der Waals surface area contributed by atoms with Gasteiger partial charge in [-0.05, 0) is 42.0 Å². The van der Waals surface area contributed by atoms with Crippen molar-refractivity contribution >= 4 is 23.1 Å². The number of fused-ring (bicyclic) bond motifs is 1. The SMILES string of the molecule is COc1ccc(C=NNc2nc3ccccc3[nH]c2=O)cc1. The van der Waals surface area contributed by atoms with Gasteiger partial charge in [0.05, 0.1) is 24.4 Å². The zero-order valence-electron chi connectivity index (χ0n) is 11.9. The number of aromatic amines is 1. The Balaban J connectivity index is 1.79. The van der Waals surface area contributed by atoms with Crippen LogP contribution in [-0.2, 0) is 0 Å². The summed E-state index contributed by atoms with van der Waals surface area (Å²) in [6, 6.07) is 14.7. The first-order chi connectivity index (χ1) is 10.8. The van der Waals surface area contributed by atoms with Gasteiger partial charge >= 0.3 is 0 Å². The Hall–Kier alpha value is -3.15. The highest BCUT2D eigenvalue weighted by atomic mass is 16.5. The molecule has 0 saturated carbocycles. The van der Waals surface area contributed by atoms with Crippen molar-refractivity contribution < 1.29 is 4.74 Å². The smallest absolute Gasteiger partial charge is 0.293 e. The van der Waals surface area contributed by atoms with Crippen LogP contribution in [0.5, 0.6) is 5.75 Å². The summed E-state index contributed by atoms with van der Waals surface area (Å²) in [5, 5.41) is 4.04. The summed E-state index contributed by atoms with van der Waals surface area (Å²) in [7, 11) is 1.61. The Labute approximate surface area is 126 Å². The van der Waals surface area contributed by atoms with Gasteiger partial charge in [0.25, 0.3) is 5.56 Å². The summed E-state index contributed by atoms with van der Waals surface area (Å²) in [6.45, 7) is 0. The summed E-state index contributed by atoms with van der Waals surface area (Å²) >= 11 is 0. The van der Waals surface area contributed by atoms with E-state index in [1.807, 2.05) is 42.5 Å². The molecule has 22 heavy (non-hydrogen) atoms. The maximum Gasteiger partial charge on any atom is 0.293 e. The number of hydrazone groups is 1. The molecule has 0 fully saturated rings. The van der Waals surface area contributed by atoms with E-state index in [1.165, 1.54) is 0 Å². The van der Waals surface area contributed by atoms with Crippen LogP contribution in [0.4, 0.5) is 5.82 Å². The minimum atomic E-state index is -0.314. The first-order valence-electron chi connectivity index (χ1n) is 6.68. The lowest BCUT2D eigenvalue weighted by Crippen LogP contribution is -2.13. The van der Waals surface area contributed by atoms with E-state index in [4.69, 9.17) is 4.74 Å². The third kappa shape index (κ3) is 2.95. The van der Waals surface area contributed by atoms with Gasteiger partial charge in [-0.2, -0.15) is 5.10 Å². The predicted molar refractivity (Wildman–Crippen MR) is 86.6 cm³/mol. The zero-order valence-corrected chi connectivity index (χ0v) is 11.9. The van der Waals surface area contributed by atoms with Crippen LogP contribution in [0.15, 0.2) is 58.4 Å². The molecule has 0 amide bonds. The van der Waals surface area contributed by atoms with Gasteiger partial charge in [-0.15, -0.1) is 0 Å². The first-order valence-corrected chi connectivity index (χ1v) is 6.68. The number of benzene rings is 2. The normalized spacial score (nSPS) is 11.0. The minimum absolute atomic E-state index is 0.156. The molecule has 3 rings (SSSR count). The number of para-hydroxylation sites is 2. The van der Waals surface area contributed by atoms with Gasteiger partial charge in [-0.3, -0.25) is 10.2 Å². The van der Waals surface area contributed by atoms with Crippen molar-refractivity contribution in [2.75, 3.05) is 12.5 Å². The molecule has 110 valence electrons. The van der Waals surface area contributed by atoms with Crippen LogP contribution in [0.25, 0.3) is 11.0 Å². The van der Waals surface area contributed by atoms with Gasteiger partial charge in [0.2, 0.25) is 5.82 Å². The number of nitrogens with zero attached hydrogens (tertiary/aromatic N) is 2. The topological polar surface area (TPSA) is 79.4 Å². The molecule has 6 heteroatoms. The van der Waals surface area contributed by atoms with Crippen LogP contribution in [0.2, 0.25) is 0 Å². The molecule has 0 radical (unpaired) electrons. The fourth-order valence-corrected chi connectivity index (χ4v) is 1.96. The monoisotopic (exact) mass is 294 g/mol. The van der Waals surface area contributed by atoms with E-state index in [0.717, 1.165) is 11.3 Å². The van der Waals surface area contributed by atoms with Crippen molar-refractivity contribution in [1.82, 2.24) is 9.97 Å². The first kappa shape index (κ1) is 13.8. The number of aromatic nitrogens is 2. The second-order valence-electron chi connectivity index (χ2n) is 4.57. The molecule has 6 nitrogen and oxygen atoms in total. The van der Waals surface area contributed by atoms with E-state index in [9.17, 15) is 4.79 Å². The second kappa shape index (κ2) is 6.09. The summed E-state index contributed by atoms with van der Waals surface area (Å²) < 4.78 is 5.08. The highest BCUT2D eigenvalue weighted by Crippen LogP contribution is 2.10. The highest BCUT2D eigenvalue weighted by Gasteiger charge is 2.02. The van der Waals surface area contributed by atoms with Gasteiger partial charge in [-0.25, -0.2) is 4.98 Å². The van der Waals surface area contributed by atoms with E-state index in [0.29, 0.717) is 11.0 Å². The molecule has 1 heterocycles. The Morgan fingerprint density at radius 3 is 2.73 bits per heavy atom. The number of anilines is 1. The molecular formula is C16H14N4O2. The average molecular weight is 294 g/mol. The Morgan fingerprint density at radius 2 is 1.95 bits per heavy atom. The summed E-state index contributed by atoms with van der Waals surface area (Å²) in [4.78, 5) is 18.9. The van der Waals surface area contributed by atoms with Gasteiger partial charge < -0.3 is 9.72 Å². The minimum Gasteiger partial charge on any atom is -0.497 e. The Kier molecular flexibility index (Phi) is 3.82. The predicted octanol–water partition coefficient (Wildman–Crippen LogP) is 2.38. The zero-order chi connectivity index (χ0) is 15.4. The lowest BCUT2D eigenvalue weighted by Gasteiger charge is -2.01. The van der Waals surface area contributed by atoms with Crippen LogP contribution < -0.4 is 15.7 Å². The molecular weight excluding hydrogens is 280 g/mol. The third-order valence-electron chi connectivity index (χ3n) is 3.10. The number of ether oxygens (including phenoxy) is 1. The van der Waals surface area contributed by atoms with Crippen LogP contribution in [-0.4, -0.2) is 23.3 Å². The van der Waals surface area contributed by atoms with Gasteiger partial charge in [0, 0.05) is 0 Å². The number of hydrogen-bond donors (Lipinski definition) is 2. The van der Waals surface area contributed by atoms with E-state index >= 15 is 0 Å². The molecule has 0 aliphatic rings. The van der Waals surface area contributed by atoms with E-state index in [2.05, 4.69) is 20.5 Å². The van der Waals surface area contributed by atoms with Crippen molar-refractivity contribution in [2.45, 2.75) is 0 Å². The van der Waals surface area contributed by atoms with Crippen molar-refractivity contribution in [1.29, 1.82) is 0 Å². The molecule has 2 N–H and O–H groups in total. The van der Waals surface area contributed by atoms with Crippen LogP contribution in [0.3, 0.4) is 0 Å². The number of methoxy groups -OCH3 is 1. The van der Waals surface area contributed by atoms with Gasteiger partial charge in [0.1, 0.15) is 5.75 Å². The van der Waals surface area contributed by atoms with Crippen LogP contribution in [0, 0.1) is 0 Å². The maximum absolute atomic E-state index is 11.9. The maximum atomic E-state index is 11.9. The Bertz CT molecular complexity index is 869. The van der Waals surface area contributed by atoms with Crippen LogP contribution in [0.1, 0.15) is 5.56 Å². The largest absolute Gasteiger partial charge is 0.497 e. The standard InChI is InChI=1S/C16H14N4O2/c1-22-12-8-6-11(7-9-12)10-17-20-15-16(21)19-14-5-3-2-4-13(14)18-15/h2-10H,1H3,(H,18,20)(H,19,21). The molecule has 0 unspecified atom stereocenters. The number of hydrogen-bond acceptors (Lipinski definition) is 5. The fourth-order valence-electron chi connectivity index (χ4n) is 1.96. The van der Waals surface area contributed by atoms with E-state index < -0.39 is 0 Å². The second-order valence-corrected chi connectivity index (χ2v) is 4.57. The van der Waals surface area contributed by atoms with E-state index in [1.54, 1.807) is 19.4 Å². The van der Waals surface area contributed by atoms with E-state index in [-0.39, 0.29) is 11.4 Å². The fraction of sp³-hybridized carbons (Fsp3) is 0.0625. The number of H-pyrrole nitrogens is 1. The molecule has 0 atom stereocenters. The van der Waals surface area contributed by atoms with Crippen molar-refractivity contribution in [3.63, 3.8) is 0 Å². The molecule has 2 aromatic carbocycles. The molecule has 0 bridgehead atoms. The number of nitrogens with one attached hydrogen (secondary N) is 2. The van der Waals surface area contributed by atoms with Crippen molar-refractivity contribution in [2.24, 2.45) is 5.10 Å². The Morgan fingerprint density at radius 1 is 1.18 bits per heavy atom. The molecule has 0 aliphatic heterocycles. The summed E-state index contributed by atoms with van der Waals surface area (Å²) in [5.41, 5.74) is 4.62. The highest BCUT2D eigenvalue weighted by molar-refractivity contribution is 5.80.